The Morgan fingerprint density at radius 3 is 2.36 bits per heavy atom. The summed E-state index contributed by atoms with van der Waals surface area (Å²) in [4.78, 5) is 14.9. The van der Waals surface area contributed by atoms with Crippen LogP contribution in [0.25, 0.3) is 11.8 Å². The minimum Gasteiger partial charge on any atom is -0.318 e. The van der Waals surface area contributed by atoms with Gasteiger partial charge in [0, 0.05) is 17.1 Å². The van der Waals surface area contributed by atoms with Gasteiger partial charge in [-0.1, -0.05) is 42.2 Å². The highest BCUT2D eigenvalue weighted by Gasteiger charge is 2.33. The molecule has 2 aromatic carbocycles. The van der Waals surface area contributed by atoms with E-state index in [-0.39, 0.29) is 11.7 Å². The lowest BCUT2D eigenvalue weighted by molar-refractivity contribution is -0.113. The number of carbonyl (C=O) groups excluding carboxylic acids is 1. The van der Waals surface area contributed by atoms with Gasteiger partial charge in [-0.15, -0.1) is 0 Å². The molecule has 0 spiro atoms. The first-order valence-electron chi connectivity index (χ1n) is 8.73. The number of thiocarbonyl (C=S) groups is 1. The van der Waals surface area contributed by atoms with Crippen LogP contribution in [0.4, 0.5) is 10.1 Å². The van der Waals surface area contributed by atoms with E-state index in [1.165, 1.54) is 28.8 Å². The Morgan fingerprint density at radius 2 is 1.68 bits per heavy atom. The lowest BCUT2D eigenvalue weighted by atomic mass is 10.2. The van der Waals surface area contributed by atoms with E-state index in [1.807, 2.05) is 38.1 Å². The minimum atomic E-state index is -0.349. The van der Waals surface area contributed by atoms with E-state index in [9.17, 15) is 9.18 Å². The third-order valence-electron chi connectivity index (χ3n) is 4.65. The van der Waals surface area contributed by atoms with Gasteiger partial charge in [0.2, 0.25) is 0 Å². The molecule has 1 aliphatic heterocycles. The highest BCUT2D eigenvalue weighted by Crippen LogP contribution is 2.37. The summed E-state index contributed by atoms with van der Waals surface area (Å²) in [5, 5.41) is 0. The fraction of sp³-hybridized carbons (Fsp3) is 0.0909. The predicted molar refractivity (Wildman–Crippen MR) is 117 cm³/mol. The first-order chi connectivity index (χ1) is 13.5. The van der Waals surface area contributed by atoms with Crippen LogP contribution >= 0.6 is 24.0 Å². The molecule has 1 fully saturated rings. The van der Waals surface area contributed by atoms with Gasteiger partial charge in [-0.3, -0.25) is 9.69 Å². The number of thioether (sulfide) groups is 1. The van der Waals surface area contributed by atoms with E-state index in [0.29, 0.717) is 14.9 Å². The molecule has 6 heteroatoms. The predicted octanol–water partition coefficient (Wildman–Crippen LogP) is 5.64. The molecule has 2 heterocycles. The van der Waals surface area contributed by atoms with Crippen molar-refractivity contribution in [3.05, 3.63) is 88.3 Å². The molecule has 0 bridgehead atoms. The number of anilines is 1. The third-order valence-corrected chi connectivity index (χ3v) is 5.95. The van der Waals surface area contributed by atoms with E-state index < -0.39 is 0 Å². The van der Waals surface area contributed by atoms with Crippen molar-refractivity contribution in [1.29, 1.82) is 0 Å². The Hall–Kier alpha value is -2.70. The van der Waals surface area contributed by atoms with Crippen molar-refractivity contribution in [2.45, 2.75) is 13.8 Å². The van der Waals surface area contributed by atoms with E-state index in [2.05, 4.69) is 22.8 Å². The van der Waals surface area contributed by atoms with Crippen molar-refractivity contribution >= 4 is 46.0 Å². The van der Waals surface area contributed by atoms with Gasteiger partial charge in [-0.25, -0.2) is 4.39 Å². The van der Waals surface area contributed by atoms with E-state index in [0.717, 1.165) is 22.6 Å². The van der Waals surface area contributed by atoms with Crippen LogP contribution in [0.1, 0.15) is 17.0 Å². The zero-order valence-corrected chi connectivity index (χ0v) is 17.0. The molecular weight excluding hydrogens is 391 g/mol. The summed E-state index contributed by atoms with van der Waals surface area (Å²) in [5.74, 6) is -0.538. The molecule has 0 unspecified atom stereocenters. The average Bonchev–Trinajstić information content (AvgIpc) is 3.12. The first-order valence-corrected chi connectivity index (χ1v) is 9.96. The molecule has 0 atom stereocenters. The SMILES string of the molecule is Cc1cc(/C=C2\SC(=S)N(c3ccc(F)cc3)C2=O)c(C)n1-c1ccccc1. The van der Waals surface area contributed by atoms with Gasteiger partial charge in [-0.05, 0) is 68.0 Å². The third kappa shape index (κ3) is 3.30. The van der Waals surface area contributed by atoms with Crippen LogP contribution in [0.2, 0.25) is 0 Å². The van der Waals surface area contributed by atoms with Gasteiger partial charge >= 0.3 is 0 Å². The molecule has 1 aromatic heterocycles. The van der Waals surface area contributed by atoms with Gasteiger partial charge in [-0.2, -0.15) is 0 Å². The molecule has 4 rings (SSSR count). The molecule has 3 aromatic rings. The monoisotopic (exact) mass is 408 g/mol. The van der Waals surface area contributed by atoms with Gasteiger partial charge in [0.25, 0.3) is 5.91 Å². The number of carbonyl (C=O) groups is 1. The molecule has 1 saturated heterocycles. The van der Waals surface area contributed by atoms with Crippen molar-refractivity contribution in [3.8, 4) is 5.69 Å². The topological polar surface area (TPSA) is 25.2 Å². The number of hydrogen-bond donors (Lipinski definition) is 0. The number of hydrogen-bond acceptors (Lipinski definition) is 3. The molecule has 140 valence electrons. The van der Waals surface area contributed by atoms with Crippen molar-refractivity contribution < 1.29 is 9.18 Å². The highest BCUT2D eigenvalue weighted by atomic mass is 32.2. The quantitative estimate of drug-likeness (QED) is 0.414. The van der Waals surface area contributed by atoms with Crippen LogP contribution in [-0.2, 0) is 4.79 Å². The van der Waals surface area contributed by atoms with Gasteiger partial charge in [0.1, 0.15) is 5.82 Å². The van der Waals surface area contributed by atoms with Gasteiger partial charge in [0.15, 0.2) is 4.32 Å². The maximum atomic E-state index is 13.2. The molecule has 0 N–H and O–H groups in total. The largest absolute Gasteiger partial charge is 0.318 e. The molecular formula is C22H17FN2OS2. The van der Waals surface area contributed by atoms with Crippen LogP contribution in [0.5, 0.6) is 0 Å². The summed E-state index contributed by atoms with van der Waals surface area (Å²) in [6.07, 6.45) is 1.88. The van der Waals surface area contributed by atoms with Crippen molar-refractivity contribution in [2.75, 3.05) is 4.90 Å². The maximum Gasteiger partial charge on any atom is 0.270 e. The second kappa shape index (κ2) is 7.37. The Bertz CT molecular complexity index is 1100. The summed E-state index contributed by atoms with van der Waals surface area (Å²) in [6, 6.07) is 17.9. The fourth-order valence-corrected chi connectivity index (χ4v) is 4.62. The van der Waals surface area contributed by atoms with E-state index in [1.54, 1.807) is 12.1 Å². The molecule has 0 radical (unpaired) electrons. The number of halogens is 1. The number of benzene rings is 2. The molecule has 3 nitrogen and oxygen atoms in total. The first kappa shape index (κ1) is 18.7. The summed E-state index contributed by atoms with van der Waals surface area (Å²) in [6.45, 7) is 4.08. The van der Waals surface area contributed by atoms with E-state index >= 15 is 0 Å². The molecule has 1 aliphatic rings. The van der Waals surface area contributed by atoms with Crippen LogP contribution < -0.4 is 4.90 Å². The summed E-state index contributed by atoms with van der Waals surface area (Å²) >= 11 is 6.66. The Balaban J connectivity index is 1.70. The second-order valence-electron chi connectivity index (χ2n) is 6.49. The Kier molecular flexibility index (Phi) is 4.91. The maximum absolute atomic E-state index is 13.2. The summed E-state index contributed by atoms with van der Waals surface area (Å²) < 4.78 is 15.8. The van der Waals surface area contributed by atoms with Gasteiger partial charge in [0.05, 0.1) is 10.6 Å². The number of aromatic nitrogens is 1. The van der Waals surface area contributed by atoms with Crippen LogP contribution in [0.15, 0.2) is 65.6 Å². The minimum absolute atomic E-state index is 0.189. The second-order valence-corrected chi connectivity index (χ2v) is 8.17. The molecule has 0 aliphatic carbocycles. The normalized spacial score (nSPS) is 15.7. The van der Waals surface area contributed by atoms with Crippen molar-refractivity contribution in [3.63, 3.8) is 0 Å². The number of aryl methyl sites for hydroxylation is 1. The van der Waals surface area contributed by atoms with E-state index in [4.69, 9.17) is 12.2 Å². The number of para-hydroxylation sites is 1. The lowest BCUT2D eigenvalue weighted by Gasteiger charge is -2.14. The van der Waals surface area contributed by atoms with Gasteiger partial charge < -0.3 is 4.57 Å². The molecule has 0 saturated carbocycles. The molecule has 1 amide bonds. The lowest BCUT2D eigenvalue weighted by Crippen LogP contribution is -2.27. The number of nitrogens with zero attached hydrogens (tertiary/aromatic N) is 2. The number of amides is 1. The fourth-order valence-electron chi connectivity index (χ4n) is 3.33. The van der Waals surface area contributed by atoms with Crippen LogP contribution in [0.3, 0.4) is 0 Å². The zero-order valence-electron chi connectivity index (χ0n) is 15.3. The Labute approximate surface area is 172 Å². The Morgan fingerprint density at radius 1 is 1.00 bits per heavy atom. The number of rotatable bonds is 3. The summed E-state index contributed by atoms with van der Waals surface area (Å²) in [5.41, 5.74) is 4.76. The highest BCUT2D eigenvalue weighted by molar-refractivity contribution is 8.27. The van der Waals surface area contributed by atoms with Crippen LogP contribution in [-0.4, -0.2) is 14.8 Å². The average molecular weight is 409 g/mol. The smallest absolute Gasteiger partial charge is 0.270 e. The van der Waals surface area contributed by atoms with Crippen molar-refractivity contribution in [1.82, 2.24) is 4.57 Å². The van der Waals surface area contributed by atoms with Crippen molar-refractivity contribution in [2.24, 2.45) is 0 Å². The van der Waals surface area contributed by atoms with Crippen LogP contribution in [0, 0.1) is 19.7 Å². The molecule has 28 heavy (non-hydrogen) atoms. The summed E-state index contributed by atoms with van der Waals surface area (Å²) in [7, 11) is 0. The standard InChI is InChI=1S/C22H17FN2OS2/c1-14-12-16(15(2)24(14)18-6-4-3-5-7-18)13-20-21(26)25(22(27)28-20)19-10-8-17(23)9-11-19/h3-13H,1-2H3/b20-13-. The zero-order chi connectivity index (χ0) is 19.8.